The highest BCUT2D eigenvalue weighted by Gasteiger charge is 2.45. The maximum Gasteiger partial charge on any atom is 0.136 e. The molecular formula is C43H28O2. The van der Waals surface area contributed by atoms with Crippen LogP contribution in [0.2, 0.25) is 0 Å². The first kappa shape index (κ1) is 12.3. The van der Waals surface area contributed by atoms with Crippen molar-refractivity contribution in [2.24, 2.45) is 0 Å². The van der Waals surface area contributed by atoms with Crippen molar-refractivity contribution in [3.05, 3.63) is 192 Å². The Balaban J connectivity index is 1.53. The highest BCUT2D eigenvalue weighted by molar-refractivity contribution is 6.06. The summed E-state index contributed by atoms with van der Waals surface area (Å²) in [7, 11) is 0. The summed E-state index contributed by atoms with van der Waals surface area (Å²) in [5.41, 5.74) is -7.49. The number of furan rings is 1. The van der Waals surface area contributed by atoms with Crippen LogP contribution in [0.25, 0.3) is 44.2 Å². The summed E-state index contributed by atoms with van der Waals surface area (Å²) in [6.45, 7) is 0. The van der Waals surface area contributed by atoms with Crippen molar-refractivity contribution in [1.82, 2.24) is 0 Å². The highest BCUT2D eigenvalue weighted by Crippen LogP contribution is 2.56. The van der Waals surface area contributed by atoms with E-state index in [0.29, 0.717) is 16.6 Å². The van der Waals surface area contributed by atoms with Crippen LogP contribution in [0.5, 0.6) is 11.5 Å². The molecule has 9 rings (SSSR count). The van der Waals surface area contributed by atoms with Gasteiger partial charge in [-0.25, -0.2) is 0 Å². The second-order valence-corrected chi connectivity index (χ2v) is 10.1. The molecular weight excluding hydrogens is 548 g/mol. The van der Waals surface area contributed by atoms with Crippen LogP contribution in [0.4, 0.5) is 0 Å². The standard InChI is InChI=1S/C43H28O2/c1-3-13-31(14-4-1)43(32-15-5-2-6-16-32)37-20-10-12-22-40(37)45-42-28-30(24-26-38(42)43)34-18-8-7-17-33(34)29-23-25-36-35-19-9-11-21-39(35)44-41(36)27-29/h1-28H/i1D,2D,3D,4D,5D,6D,7D,8D,10D,12D,13D,14D,15D,16D,17D,18D,20D,22D,24D,26D,28D. The summed E-state index contributed by atoms with van der Waals surface area (Å²) < 4.78 is 202. The molecule has 8 aromatic rings. The molecule has 2 heterocycles. The molecule has 0 N–H and O–H groups in total. The molecule has 1 aliphatic rings. The Kier molecular flexibility index (Phi) is 2.75. The van der Waals surface area contributed by atoms with E-state index in [4.69, 9.17) is 25.6 Å². The molecule has 0 amide bonds. The third-order valence-corrected chi connectivity index (χ3v) is 7.74. The van der Waals surface area contributed by atoms with Crippen LogP contribution < -0.4 is 4.74 Å². The lowest BCUT2D eigenvalue weighted by molar-refractivity contribution is 0.435. The van der Waals surface area contributed by atoms with Crippen LogP contribution in [-0.4, -0.2) is 0 Å². The number of rotatable bonds is 4. The Labute approximate surface area is 291 Å². The molecule has 1 aromatic heterocycles. The molecule has 0 saturated heterocycles. The Morgan fingerprint density at radius 1 is 0.489 bits per heavy atom. The van der Waals surface area contributed by atoms with Gasteiger partial charge in [0.05, 0.1) is 34.2 Å². The molecule has 2 nitrogen and oxygen atoms in total. The van der Waals surface area contributed by atoms with Gasteiger partial charge in [0.1, 0.15) is 22.7 Å². The number of benzene rings is 7. The Bertz CT molecular complexity index is 3380. The van der Waals surface area contributed by atoms with Gasteiger partial charge in [0, 0.05) is 21.9 Å². The van der Waals surface area contributed by atoms with E-state index in [1.54, 1.807) is 24.3 Å². The van der Waals surface area contributed by atoms with Crippen molar-refractivity contribution in [3.63, 3.8) is 0 Å². The van der Waals surface area contributed by atoms with E-state index in [1.807, 2.05) is 6.07 Å². The van der Waals surface area contributed by atoms with Gasteiger partial charge in [-0.2, -0.15) is 0 Å². The van der Waals surface area contributed by atoms with Crippen molar-refractivity contribution >= 4 is 21.9 Å². The molecule has 1 aliphatic heterocycles. The van der Waals surface area contributed by atoms with Crippen molar-refractivity contribution in [3.8, 4) is 33.8 Å². The summed E-state index contributed by atoms with van der Waals surface area (Å²) in [6.07, 6.45) is 0. The second kappa shape index (κ2) is 10.1. The summed E-state index contributed by atoms with van der Waals surface area (Å²) in [5, 5.41) is 1.39. The fraction of sp³-hybridized carbons (Fsp3) is 0.0233. The van der Waals surface area contributed by atoms with Crippen LogP contribution in [0.15, 0.2) is 174 Å². The molecule has 0 atom stereocenters. The van der Waals surface area contributed by atoms with Crippen LogP contribution in [0.3, 0.4) is 0 Å². The van der Waals surface area contributed by atoms with Gasteiger partial charge >= 0.3 is 0 Å². The van der Waals surface area contributed by atoms with Crippen LogP contribution in [0.1, 0.15) is 51.0 Å². The van der Waals surface area contributed by atoms with E-state index in [2.05, 4.69) is 0 Å². The van der Waals surface area contributed by atoms with E-state index in [9.17, 15) is 12.3 Å². The minimum Gasteiger partial charge on any atom is -0.457 e. The zero-order chi connectivity index (χ0) is 48.1. The van der Waals surface area contributed by atoms with Crippen LogP contribution in [0, 0.1) is 0 Å². The van der Waals surface area contributed by atoms with Gasteiger partial charge in [0.25, 0.3) is 0 Å². The summed E-state index contributed by atoms with van der Waals surface area (Å²) in [6, 6.07) is -8.84. The van der Waals surface area contributed by atoms with Crippen LogP contribution in [-0.2, 0) is 5.41 Å². The topological polar surface area (TPSA) is 22.4 Å². The fourth-order valence-electron chi connectivity index (χ4n) is 5.82. The fourth-order valence-corrected chi connectivity index (χ4v) is 5.82. The molecule has 0 saturated carbocycles. The van der Waals surface area contributed by atoms with Gasteiger partial charge in [-0.05, 0) is 63.7 Å². The minimum absolute atomic E-state index is 0.111. The lowest BCUT2D eigenvalue weighted by atomic mass is 9.63. The van der Waals surface area contributed by atoms with Crippen molar-refractivity contribution < 1.29 is 37.9 Å². The predicted molar refractivity (Wildman–Crippen MR) is 183 cm³/mol. The van der Waals surface area contributed by atoms with E-state index >= 15 is 0 Å². The maximum atomic E-state index is 9.88. The molecule has 0 aliphatic carbocycles. The molecule has 7 aromatic carbocycles. The molecule has 2 heteroatoms. The van der Waals surface area contributed by atoms with Crippen molar-refractivity contribution in [1.29, 1.82) is 0 Å². The lowest BCUT2D eigenvalue weighted by Gasteiger charge is -2.41. The smallest absolute Gasteiger partial charge is 0.136 e. The first-order valence-electron chi connectivity index (χ1n) is 24.1. The molecule has 0 fully saturated rings. The predicted octanol–water partition coefficient (Wildman–Crippen LogP) is 11.4. The van der Waals surface area contributed by atoms with Crippen molar-refractivity contribution in [2.45, 2.75) is 5.41 Å². The van der Waals surface area contributed by atoms with E-state index in [-0.39, 0.29) is 11.1 Å². The van der Waals surface area contributed by atoms with Gasteiger partial charge in [-0.15, -0.1) is 0 Å². The Morgan fingerprint density at radius 2 is 1.11 bits per heavy atom. The zero-order valence-corrected chi connectivity index (χ0v) is 22.9. The normalized spacial score (nSPS) is 19.8. The third kappa shape index (κ3) is 3.89. The molecule has 0 unspecified atom stereocenters. The Hall–Kier alpha value is -5.86. The number of hydrogen-bond acceptors (Lipinski definition) is 2. The first-order valence-corrected chi connectivity index (χ1v) is 13.6. The SMILES string of the molecule is [2H]c1c([2H])c([2H])c(C2(c3c([2H])c([2H])c([2H])c([2H])c3[2H])c3c([2H])c([2H])c([2H])c([2H])c3Oc3c([2H])c(-c4c([2H])c([2H])c([2H])c([2H])c4-c4ccc5c(c4)oc4ccccc45)c([2H])c([2H])c32)c([2H])c1[2H]. The quantitative estimate of drug-likeness (QED) is 0.201. The monoisotopic (exact) mass is 597 g/mol. The maximum absolute atomic E-state index is 9.88. The van der Waals surface area contributed by atoms with Gasteiger partial charge in [-0.3, -0.25) is 0 Å². The summed E-state index contributed by atoms with van der Waals surface area (Å²) >= 11 is 0. The Morgan fingerprint density at radius 3 is 1.89 bits per heavy atom. The number of hydrogen-bond donors (Lipinski definition) is 0. The second-order valence-electron chi connectivity index (χ2n) is 10.1. The van der Waals surface area contributed by atoms with E-state index in [1.165, 1.54) is 12.1 Å². The average Bonchev–Trinajstić information content (AvgIpc) is 3.68. The van der Waals surface area contributed by atoms with E-state index in [0.717, 1.165) is 5.39 Å². The third-order valence-electron chi connectivity index (χ3n) is 7.74. The lowest BCUT2D eigenvalue weighted by Crippen LogP contribution is -2.34. The summed E-state index contributed by atoms with van der Waals surface area (Å²) in [4.78, 5) is 0. The van der Waals surface area contributed by atoms with Crippen molar-refractivity contribution in [2.75, 3.05) is 0 Å². The number of para-hydroxylation sites is 2. The van der Waals surface area contributed by atoms with E-state index < -0.39 is 177 Å². The molecule has 0 bridgehead atoms. The average molecular weight is 598 g/mol. The number of fused-ring (bicyclic) bond motifs is 5. The first-order chi connectivity index (χ1) is 31.0. The summed E-state index contributed by atoms with van der Waals surface area (Å²) in [5.74, 6) is -1.83. The number of ether oxygens (including phenoxy) is 1. The van der Waals surface area contributed by atoms with Gasteiger partial charge in [0.15, 0.2) is 0 Å². The largest absolute Gasteiger partial charge is 0.457 e. The van der Waals surface area contributed by atoms with Gasteiger partial charge < -0.3 is 9.15 Å². The van der Waals surface area contributed by atoms with Gasteiger partial charge in [0.2, 0.25) is 0 Å². The molecule has 212 valence electrons. The van der Waals surface area contributed by atoms with Gasteiger partial charge in [-0.1, -0.05) is 139 Å². The highest BCUT2D eigenvalue weighted by atomic mass is 16.5. The molecule has 0 spiro atoms. The van der Waals surface area contributed by atoms with Crippen LogP contribution >= 0.6 is 0 Å². The zero-order valence-electron chi connectivity index (χ0n) is 43.9. The molecule has 0 radical (unpaired) electrons. The minimum atomic E-state index is -3.19. The molecule has 45 heavy (non-hydrogen) atoms.